The SMILES string of the molecule is CC(C)COC(=O)NCc1nccnc1-c1ccsc1. The smallest absolute Gasteiger partial charge is 0.407 e. The van der Waals surface area contributed by atoms with E-state index in [2.05, 4.69) is 15.3 Å². The van der Waals surface area contributed by atoms with Crippen LogP contribution < -0.4 is 5.32 Å². The molecule has 0 bridgehead atoms. The minimum atomic E-state index is -0.430. The molecule has 2 aromatic rings. The summed E-state index contributed by atoms with van der Waals surface area (Å²) in [5, 5.41) is 6.69. The van der Waals surface area contributed by atoms with Crippen LogP contribution in [0, 0.1) is 5.92 Å². The Hall–Kier alpha value is -1.95. The van der Waals surface area contributed by atoms with E-state index in [1.807, 2.05) is 30.7 Å². The van der Waals surface area contributed by atoms with Crippen molar-refractivity contribution < 1.29 is 9.53 Å². The number of alkyl carbamates (subject to hydrolysis) is 1. The number of hydrogen-bond acceptors (Lipinski definition) is 5. The van der Waals surface area contributed by atoms with Crippen molar-refractivity contribution >= 4 is 17.4 Å². The molecule has 6 heteroatoms. The minimum absolute atomic E-state index is 0.302. The van der Waals surface area contributed by atoms with Crippen molar-refractivity contribution in [1.29, 1.82) is 0 Å². The number of carbonyl (C=O) groups excluding carboxylic acids is 1. The highest BCUT2D eigenvalue weighted by molar-refractivity contribution is 7.08. The Balaban J connectivity index is 1.98. The molecule has 2 rings (SSSR count). The first-order valence-corrected chi connectivity index (χ1v) is 7.34. The highest BCUT2D eigenvalue weighted by Gasteiger charge is 2.10. The monoisotopic (exact) mass is 291 g/mol. The number of thiophene rings is 1. The average molecular weight is 291 g/mol. The first-order valence-electron chi connectivity index (χ1n) is 6.40. The van der Waals surface area contributed by atoms with Crippen LogP contribution in [0.1, 0.15) is 19.5 Å². The van der Waals surface area contributed by atoms with E-state index < -0.39 is 6.09 Å². The van der Waals surface area contributed by atoms with Gasteiger partial charge < -0.3 is 10.1 Å². The third kappa shape index (κ3) is 4.03. The lowest BCUT2D eigenvalue weighted by Crippen LogP contribution is -2.26. The van der Waals surface area contributed by atoms with Crippen LogP contribution in [0.15, 0.2) is 29.2 Å². The highest BCUT2D eigenvalue weighted by Crippen LogP contribution is 2.22. The summed E-state index contributed by atoms with van der Waals surface area (Å²) in [7, 11) is 0. The van der Waals surface area contributed by atoms with E-state index in [1.54, 1.807) is 23.7 Å². The molecule has 2 heterocycles. The van der Waals surface area contributed by atoms with E-state index in [0.717, 1.165) is 17.0 Å². The van der Waals surface area contributed by atoms with Gasteiger partial charge in [0.25, 0.3) is 0 Å². The third-order valence-electron chi connectivity index (χ3n) is 2.52. The molecule has 20 heavy (non-hydrogen) atoms. The maximum atomic E-state index is 11.5. The summed E-state index contributed by atoms with van der Waals surface area (Å²) in [5.74, 6) is 0.318. The molecule has 0 aliphatic heterocycles. The van der Waals surface area contributed by atoms with E-state index in [-0.39, 0.29) is 0 Å². The molecule has 0 aliphatic rings. The Bertz CT molecular complexity index is 555. The molecule has 5 nitrogen and oxygen atoms in total. The summed E-state index contributed by atoms with van der Waals surface area (Å²) in [6.07, 6.45) is 2.83. The second-order valence-electron chi connectivity index (χ2n) is 4.71. The Morgan fingerprint density at radius 2 is 2.20 bits per heavy atom. The normalized spacial score (nSPS) is 10.6. The molecule has 1 amide bonds. The first-order chi connectivity index (χ1) is 9.66. The molecule has 0 aromatic carbocycles. The van der Waals surface area contributed by atoms with Gasteiger partial charge in [-0.3, -0.25) is 9.97 Å². The summed E-state index contributed by atoms with van der Waals surface area (Å²) < 4.78 is 5.06. The number of aromatic nitrogens is 2. The van der Waals surface area contributed by atoms with E-state index in [1.165, 1.54) is 0 Å². The number of hydrogen-bond donors (Lipinski definition) is 1. The van der Waals surface area contributed by atoms with Crippen LogP contribution in [0.4, 0.5) is 4.79 Å². The maximum Gasteiger partial charge on any atom is 0.407 e. The number of nitrogens with zero attached hydrogens (tertiary/aromatic N) is 2. The fraction of sp³-hybridized carbons (Fsp3) is 0.357. The first kappa shape index (κ1) is 14.5. The van der Waals surface area contributed by atoms with Crippen LogP contribution in [0.5, 0.6) is 0 Å². The standard InChI is InChI=1S/C14H17N3O2S/c1-10(2)8-19-14(18)17-7-12-13(16-5-4-15-12)11-3-6-20-9-11/h3-6,9-10H,7-8H2,1-2H3,(H,17,18). The van der Waals surface area contributed by atoms with E-state index in [9.17, 15) is 4.79 Å². The number of carbonyl (C=O) groups is 1. The van der Waals surface area contributed by atoms with Gasteiger partial charge in [0.15, 0.2) is 0 Å². The predicted molar refractivity (Wildman–Crippen MR) is 78.4 cm³/mol. The zero-order chi connectivity index (χ0) is 14.4. The van der Waals surface area contributed by atoms with Crippen LogP contribution in [0.25, 0.3) is 11.3 Å². The Kier molecular flexibility index (Phi) is 5.06. The summed E-state index contributed by atoms with van der Waals surface area (Å²) >= 11 is 1.60. The second-order valence-corrected chi connectivity index (χ2v) is 5.49. The van der Waals surface area contributed by atoms with Gasteiger partial charge >= 0.3 is 6.09 Å². The van der Waals surface area contributed by atoms with Crippen LogP contribution in [0.3, 0.4) is 0 Å². The van der Waals surface area contributed by atoms with Crippen LogP contribution >= 0.6 is 11.3 Å². The van der Waals surface area contributed by atoms with Crippen molar-refractivity contribution in [1.82, 2.24) is 15.3 Å². The molecule has 0 unspecified atom stereocenters. The van der Waals surface area contributed by atoms with Crippen LogP contribution in [-0.4, -0.2) is 22.7 Å². The number of rotatable bonds is 5. The zero-order valence-corrected chi connectivity index (χ0v) is 12.3. The number of amides is 1. The summed E-state index contributed by atoms with van der Waals surface area (Å²) in [6, 6.07) is 1.98. The maximum absolute atomic E-state index is 11.5. The molecule has 1 N–H and O–H groups in total. The number of nitrogens with one attached hydrogen (secondary N) is 1. The van der Waals surface area contributed by atoms with Gasteiger partial charge in [0, 0.05) is 23.3 Å². The Morgan fingerprint density at radius 1 is 1.40 bits per heavy atom. The minimum Gasteiger partial charge on any atom is -0.449 e. The van der Waals surface area contributed by atoms with Gasteiger partial charge in [-0.05, 0) is 17.4 Å². The highest BCUT2D eigenvalue weighted by atomic mass is 32.1. The van der Waals surface area contributed by atoms with Gasteiger partial charge in [0.05, 0.1) is 24.5 Å². The van der Waals surface area contributed by atoms with Crippen molar-refractivity contribution in [3.05, 3.63) is 34.9 Å². The molecule has 0 fully saturated rings. The molecule has 0 atom stereocenters. The fourth-order valence-electron chi connectivity index (χ4n) is 1.59. The summed E-state index contributed by atoms with van der Waals surface area (Å²) in [5.41, 5.74) is 2.53. The van der Waals surface area contributed by atoms with E-state index >= 15 is 0 Å². The van der Waals surface area contributed by atoms with Crippen molar-refractivity contribution in [2.45, 2.75) is 20.4 Å². The summed E-state index contributed by atoms with van der Waals surface area (Å²) in [4.78, 5) is 20.1. The Morgan fingerprint density at radius 3 is 2.90 bits per heavy atom. The molecular formula is C14H17N3O2S. The van der Waals surface area contributed by atoms with Gasteiger partial charge in [0.1, 0.15) is 0 Å². The molecule has 2 aromatic heterocycles. The lowest BCUT2D eigenvalue weighted by Gasteiger charge is -2.10. The van der Waals surface area contributed by atoms with Crippen molar-refractivity contribution in [3.8, 4) is 11.3 Å². The number of ether oxygens (including phenoxy) is 1. The molecule has 106 valence electrons. The Labute approximate surface area is 122 Å². The quantitative estimate of drug-likeness (QED) is 0.919. The van der Waals surface area contributed by atoms with Crippen LogP contribution in [-0.2, 0) is 11.3 Å². The topological polar surface area (TPSA) is 64.1 Å². The average Bonchev–Trinajstić information content (AvgIpc) is 2.97. The van der Waals surface area contributed by atoms with Gasteiger partial charge in [-0.25, -0.2) is 4.79 Å². The lowest BCUT2D eigenvalue weighted by atomic mass is 10.2. The predicted octanol–water partition coefficient (Wildman–Crippen LogP) is 3.09. The van der Waals surface area contributed by atoms with Crippen molar-refractivity contribution in [2.75, 3.05) is 6.61 Å². The van der Waals surface area contributed by atoms with Gasteiger partial charge in [0.2, 0.25) is 0 Å². The zero-order valence-electron chi connectivity index (χ0n) is 11.5. The molecule has 0 spiro atoms. The van der Waals surface area contributed by atoms with E-state index in [0.29, 0.717) is 19.1 Å². The molecule has 0 saturated heterocycles. The van der Waals surface area contributed by atoms with Crippen molar-refractivity contribution in [2.24, 2.45) is 5.92 Å². The molecule has 0 aliphatic carbocycles. The van der Waals surface area contributed by atoms with Gasteiger partial charge in [-0.15, -0.1) is 0 Å². The van der Waals surface area contributed by atoms with Gasteiger partial charge in [-0.2, -0.15) is 11.3 Å². The van der Waals surface area contributed by atoms with Crippen molar-refractivity contribution in [3.63, 3.8) is 0 Å². The van der Waals surface area contributed by atoms with Gasteiger partial charge in [-0.1, -0.05) is 13.8 Å². The third-order valence-corrected chi connectivity index (χ3v) is 3.20. The molecular weight excluding hydrogens is 274 g/mol. The fourth-order valence-corrected chi connectivity index (χ4v) is 2.23. The van der Waals surface area contributed by atoms with Crippen LogP contribution in [0.2, 0.25) is 0 Å². The largest absolute Gasteiger partial charge is 0.449 e. The summed E-state index contributed by atoms with van der Waals surface area (Å²) in [6.45, 7) is 4.69. The lowest BCUT2D eigenvalue weighted by molar-refractivity contribution is 0.132. The van der Waals surface area contributed by atoms with E-state index in [4.69, 9.17) is 4.74 Å². The molecule has 0 radical (unpaired) electrons. The molecule has 0 saturated carbocycles. The second kappa shape index (κ2) is 7.00.